The standard InChI is InChI=1S/C18H31N3O4S/c1-13(22)20-15(7-11-26-2)18(24)21-8-5-14(6-9-21)12-19-17(23)16-4-3-10-25-16/h14-16H,3-12H2,1-2H3,(H,19,23)(H,20,22). The van der Waals surface area contributed by atoms with E-state index in [1.54, 1.807) is 11.8 Å². The summed E-state index contributed by atoms with van der Waals surface area (Å²) >= 11 is 1.67. The minimum absolute atomic E-state index is 0.0103. The van der Waals surface area contributed by atoms with Gasteiger partial charge in [-0.1, -0.05) is 0 Å². The highest BCUT2D eigenvalue weighted by molar-refractivity contribution is 7.98. The maximum atomic E-state index is 12.7. The van der Waals surface area contributed by atoms with E-state index in [0.717, 1.165) is 31.4 Å². The van der Waals surface area contributed by atoms with Crippen LogP contribution in [-0.2, 0) is 19.1 Å². The monoisotopic (exact) mass is 385 g/mol. The Morgan fingerprint density at radius 1 is 1.23 bits per heavy atom. The Morgan fingerprint density at radius 2 is 1.96 bits per heavy atom. The van der Waals surface area contributed by atoms with Crippen molar-refractivity contribution >= 4 is 29.5 Å². The number of nitrogens with zero attached hydrogens (tertiary/aromatic N) is 1. The van der Waals surface area contributed by atoms with Crippen LogP contribution in [0.4, 0.5) is 0 Å². The lowest BCUT2D eigenvalue weighted by Gasteiger charge is -2.34. The van der Waals surface area contributed by atoms with Gasteiger partial charge in [-0.25, -0.2) is 0 Å². The number of nitrogens with one attached hydrogen (secondary N) is 2. The summed E-state index contributed by atoms with van der Waals surface area (Å²) in [5, 5.41) is 5.77. The van der Waals surface area contributed by atoms with Crippen molar-refractivity contribution in [2.75, 3.05) is 38.2 Å². The molecule has 2 aliphatic rings. The SMILES string of the molecule is CSCCC(NC(C)=O)C(=O)N1CCC(CNC(=O)C2CCCO2)CC1. The summed E-state index contributed by atoms with van der Waals surface area (Å²) in [6.45, 7) is 4.11. The maximum absolute atomic E-state index is 12.7. The third-order valence-corrected chi connectivity index (χ3v) is 5.64. The van der Waals surface area contributed by atoms with Crippen molar-refractivity contribution in [2.45, 2.75) is 51.2 Å². The van der Waals surface area contributed by atoms with Crippen LogP contribution in [0.3, 0.4) is 0 Å². The van der Waals surface area contributed by atoms with Crippen molar-refractivity contribution in [3.8, 4) is 0 Å². The zero-order valence-electron chi connectivity index (χ0n) is 15.8. The molecule has 0 spiro atoms. The fourth-order valence-corrected chi connectivity index (χ4v) is 3.93. The average Bonchev–Trinajstić information content (AvgIpc) is 3.17. The van der Waals surface area contributed by atoms with Crippen LogP contribution in [-0.4, -0.2) is 73.0 Å². The van der Waals surface area contributed by atoms with Crippen molar-refractivity contribution in [1.29, 1.82) is 0 Å². The Labute approximate surface area is 160 Å². The third-order valence-electron chi connectivity index (χ3n) is 5.00. The Balaban J connectivity index is 1.74. The molecule has 0 saturated carbocycles. The molecule has 0 aliphatic carbocycles. The molecule has 2 fully saturated rings. The predicted molar refractivity (Wildman–Crippen MR) is 102 cm³/mol. The first-order chi connectivity index (χ1) is 12.5. The third kappa shape index (κ3) is 6.46. The van der Waals surface area contributed by atoms with Crippen molar-refractivity contribution in [2.24, 2.45) is 5.92 Å². The van der Waals surface area contributed by atoms with Gasteiger partial charge < -0.3 is 20.3 Å². The number of thioether (sulfide) groups is 1. The summed E-state index contributed by atoms with van der Waals surface area (Å²) in [4.78, 5) is 37.9. The van der Waals surface area contributed by atoms with E-state index < -0.39 is 6.04 Å². The first-order valence-corrected chi connectivity index (χ1v) is 10.8. The van der Waals surface area contributed by atoms with Gasteiger partial charge in [0.25, 0.3) is 0 Å². The van der Waals surface area contributed by atoms with Crippen LogP contribution < -0.4 is 10.6 Å². The Kier molecular flexibility index (Phi) is 8.71. The molecule has 0 aromatic heterocycles. The summed E-state index contributed by atoms with van der Waals surface area (Å²) in [7, 11) is 0. The molecule has 2 saturated heterocycles. The second-order valence-electron chi connectivity index (χ2n) is 7.05. The van der Waals surface area contributed by atoms with Crippen LogP contribution in [0.1, 0.15) is 39.0 Å². The van der Waals surface area contributed by atoms with Gasteiger partial charge in [0.05, 0.1) is 0 Å². The van der Waals surface area contributed by atoms with Gasteiger partial charge in [0.1, 0.15) is 12.1 Å². The summed E-state index contributed by atoms with van der Waals surface area (Å²) < 4.78 is 5.39. The summed E-state index contributed by atoms with van der Waals surface area (Å²) in [6, 6.07) is -0.435. The van der Waals surface area contributed by atoms with Gasteiger partial charge >= 0.3 is 0 Å². The first kappa shape index (κ1) is 21.0. The molecule has 2 rings (SSSR count). The molecule has 2 heterocycles. The normalized spacial score (nSPS) is 22.1. The lowest BCUT2D eigenvalue weighted by Crippen LogP contribution is -2.51. The van der Waals surface area contributed by atoms with Crippen LogP contribution in [0, 0.1) is 5.92 Å². The van der Waals surface area contributed by atoms with Gasteiger partial charge in [-0.05, 0) is 50.0 Å². The van der Waals surface area contributed by atoms with Crippen molar-refractivity contribution in [3.63, 3.8) is 0 Å². The summed E-state index contributed by atoms with van der Waals surface area (Å²) in [5.74, 6) is 1.05. The van der Waals surface area contributed by atoms with E-state index in [2.05, 4.69) is 10.6 Å². The van der Waals surface area contributed by atoms with E-state index in [1.165, 1.54) is 6.92 Å². The first-order valence-electron chi connectivity index (χ1n) is 9.45. The van der Waals surface area contributed by atoms with Crippen molar-refractivity contribution in [3.05, 3.63) is 0 Å². The Morgan fingerprint density at radius 3 is 2.54 bits per heavy atom. The molecule has 0 aromatic rings. The minimum Gasteiger partial charge on any atom is -0.368 e. The van der Waals surface area contributed by atoms with Gasteiger partial charge in [-0.2, -0.15) is 11.8 Å². The molecule has 8 heteroatoms. The fourth-order valence-electron chi connectivity index (χ4n) is 3.46. The molecular formula is C18H31N3O4S. The molecule has 2 unspecified atom stereocenters. The van der Waals surface area contributed by atoms with Gasteiger partial charge in [0.2, 0.25) is 17.7 Å². The molecule has 0 aromatic carbocycles. The molecule has 2 N–H and O–H groups in total. The number of hydrogen-bond donors (Lipinski definition) is 2. The van der Waals surface area contributed by atoms with Gasteiger partial charge in [-0.15, -0.1) is 0 Å². The van der Waals surface area contributed by atoms with Gasteiger partial charge in [0.15, 0.2) is 0 Å². The molecule has 148 valence electrons. The van der Waals surface area contributed by atoms with E-state index in [1.807, 2.05) is 11.2 Å². The second-order valence-corrected chi connectivity index (χ2v) is 8.04. The zero-order chi connectivity index (χ0) is 18.9. The molecule has 0 bridgehead atoms. The number of piperidine rings is 1. The zero-order valence-corrected chi connectivity index (χ0v) is 16.6. The van der Waals surface area contributed by atoms with Crippen LogP contribution in [0.15, 0.2) is 0 Å². The van der Waals surface area contributed by atoms with Crippen LogP contribution in [0.25, 0.3) is 0 Å². The van der Waals surface area contributed by atoms with Gasteiger partial charge in [0, 0.05) is 33.2 Å². The van der Waals surface area contributed by atoms with Gasteiger partial charge in [-0.3, -0.25) is 14.4 Å². The molecule has 3 amide bonds. The highest BCUT2D eigenvalue weighted by atomic mass is 32.2. The summed E-state index contributed by atoms with van der Waals surface area (Å²) in [5.41, 5.74) is 0. The second kappa shape index (κ2) is 10.8. The summed E-state index contributed by atoms with van der Waals surface area (Å²) in [6.07, 6.45) is 5.85. The maximum Gasteiger partial charge on any atom is 0.249 e. The van der Waals surface area contributed by atoms with Crippen LogP contribution >= 0.6 is 11.8 Å². The molecule has 26 heavy (non-hydrogen) atoms. The lowest BCUT2D eigenvalue weighted by molar-refractivity contribution is -0.137. The minimum atomic E-state index is -0.435. The highest BCUT2D eigenvalue weighted by Crippen LogP contribution is 2.19. The van der Waals surface area contributed by atoms with E-state index in [0.29, 0.717) is 38.6 Å². The Bertz CT molecular complexity index is 489. The smallest absolute Gasteiger partial charge is 0.249 e. The number of rotatable bonds is 8. The number of amides is 3. The number of carbonyl (C=O) groups excluding carboxylic acids is 3. The molecule has 2 atom stereocenters. The topological polar surface area (TPSA) is 87.7 Å². The van der Waals surface area contributed by atoms with Crippen LogP contribution in [0.5, 0.6) is 0 Å². The number of hydrogen-bond acceptors (Lipinski definition) is 5. The molecular weight excluding hydrogens is 354 g/mol. The van der Waals surface area contributed by atoms with E-state index in [4.69, 9.17) is 4.74 Å². The van der Waals surface area contributed by atoms with Crippen molar-refractivity contribution < 1.29 is 19.1 Å². The van der Waals surface area contributed by atoms with Crippen molar-refractivity contribution in [1.82, 2.24) is 15.5 Å². The Hall–Kier alpha value is -1.28. The fraction of sp³-hybridized carbons (Fsp3) is 0.833. The number of carbonyl (C=O) groups is 3. The predicted octanol–water partition coefficient (Wildman–Crippen LogP) is 0.778. The molecule has 0 radical (unpaired) electrons. The lowest BCUT2D eigenvalue weighted by atomic mass is 9.96. The van der Waals surface area contributed by atoms with E-state index in [-0.39, 0.29) is 23.8 Å². The largest absolute Gasteiger partial charge is 0.368 e. The van der Waals surface area contributed by atoms with E-state index >= 15 is 0 Å². The number of ether oxygens (including phenoxy) is 1. The molecule has 7 nitrogen and oxygen atoms in total. The quantitative estimate of drug-likeness (QED) is 0.645. The van der Waals surface area contributed by atoms with Crippen LogP contribution in [0.2, 0.25) is 0 Å². The van der Waals surface area contributed by atoms with E-state index in [9.17, 15) is 14.4 Å². The highest BCUT2D eigenvalue weighted by Gasteiger charge is 2.29. The average molecular weight is 386 g/mol. The molecule has 2 aliphatic heterocycles. The number of likely N-dealkylation sites (tertiary alicyclic amines) is 1.